The molecule has 0 N–H and O–H groups in total. The molecule has 0 spiro atoms. The summed E-state index contributed by atoms with van der Waals surface area (Å²) < 4.78 is 1.82. The van der Waals surface area contributed by atoms with Crippen LogP contribution < -0.4 is 4.90 Å². The minimum absolute atomic E-state index is 0.428. The normalized spacial score (nSPS) is 23.3. The number of rotatable bonds is 4. The Kier molecular flexibility index (Phi) is 4.17. The summed E-state index contributed by atoms with van der Waals surface area (Å²) in [5.41, 5.74) is 4.01. The highest BCUT2D eigenvalue weighted by Gasteiger charge is 2.47. The van der Waals surface area contributed by atoms with Crippen LogP contribution in [0.15, 0.2) is 30.3 Å². The summed E-state index contributed by atoms with van der Waals surface area (Å²) in [7, 11) is 3.96. The fourth-order valence-corrected chi connectivity index (χ4v) is 4.54. The van der Waals surface area contributed by atoms with Crippen LogP contribution in [0.4, 0.5) is 5.95 Å². The minimum atomic E-state index is 0.428. The van der Waals surface area contributed by atoms with Gasteiger partial charge in [0.15, 0.2) is 5.82 Å². The molecule has 1 aliphatic carbocycles. The van der Waals surface area contributed by atoms with Crippen LogP contribution in [0, 0.1) is 13.8 Å². The van der Waals surface area contributed by atoms with Gasteiger partial charge in [0.05, 0.1) is 5.69 Å². The fourth-order valence-electron chi connectivity index (χ4n) is 4.54. The average Bonchev–Trinajstić information content (AvgIpc) is 3.33. The van der Waals surface area contributed by atoms with Gasteiger partial charge >= 0.3 is 0 Å². The van der Waals surface area contributed by atoms with Crippen LogP contribution in [0.5, 0.6) is 0 Å². The second-order valence-electron chi connectivity index (χ2n) is 8.42. The van der Waals surface area contributed by atoms with Gasteiger partial charge in [-0.15, -0.1) is 5.10 Å². The zero-order valence-corrected chi connectivity index (χ0v) is 17.7. The van der Waals surface area contributed by atoms with E-state index in [1.165, 1.54) is 11.1 Å². The van der Waals surface area contributed by atoms with Gasteiger partial charge in [0.2, 0.25) is 5.95 Å². The van der Waals surface area contributed by atoms with E-state index in [0.717, 1.165) is 36.1 Å². The quantitative estimate of drug-likeness (QED) is 0.683. The lowest BCUT2D eigenvalue weighted by Gasteiger charge is -2.22. The molecule has 150 valence electrons. The van der Waals surface area contributed by atoms with Crippen molar-refractivity contribution in [2.75, 3.05) is 19.0 Å². The lowest BCUT2D eigenvalue weighted by Crippen LogP contribution is -2.24. The number of aromatic nitrogens is 5. The van der Waals surface area contributed by atoms with Crippen molar-refractivity contribution in [1.82, 2.24) is 29.6 Å². The van der Waals surface area contributed by atoms with Crippen LogP contribution >= 0.6 is 0 Å². The van der Waals surface area contributed by atoms with Crippen molar-refractivity contribution < 1.29 is 0 Å². The van der Waals surface area contributed by atoms with Gasteiger partial charge < -0.3 is 4.90 Å². The molecule has 29 heavy (non-hydrogen) atoms. The first kappa shape index (κ1) is 18.2. The zero-order chi connectivity index (χ0) is 20.3. The molecular formula is C22H27N7. The lowest BCUT2D eigenvalue weighted by atomic mass is 10.1. The number of anilines is 1. The summed E-state index contributed by atoms with van der Waals surface area (Å²) >= 11 is 0. The third kappa shape index (κ3) is 3.09. The summed E-state index contributed by atoms with van der Waals surface area (Å²) in [4.78, 5) is 18.6. The molecule has 1 fully saturated rings. The van der Waals surface area contributed by atoms with E-state index in [0.29, 0.717) is 23.9 Å². The summed E-state index contributed by atoms with van der Waals surface area (Å²) in [6, 6.07) is 11.9. The molecule has 0 bridgehead atoms. The molecule has 2 aliphatic rings. The standard InChI is InChI=1S/C22H27N7/c1-13-17-9-7-6-8-16(17)12-28(13)20-10-18(20)19-11-21(25-22(24-19)27(4)5)29-15(3)23-14(2)26-29/h6-9,11,13,18,20H,10,12H2,1-5H3. The van der Waals surface area contributed by atoms with Crippen molar-refractivity contribution in [2.24, 2.45) is 0 Å². The average molecular weight is 390 g/mol. The molecule has 0 radical (unpaired) electrons. The maximum atomic E-state index is 4.88. The maximum absolute atomic E-state index is 4.88. The number of aryl methyl sites for hydroxylation is 2. The molecule has 1 aromatic carbocycles. The van der Waals surface area contributed by atoms with Crippen LogP contribution in [0.2, 0.25) is 0 Å². The Hall–Kier alpha value is -2.80. The van der Waals surface area contributed by atoms with Crippen LogP contribution in [0.1, 0.15) is 53.8 Å². The fraction of sp³-hybridized carbons (Fsp3) is 0.455. The molecule has 3 aromatic rings. The van der Waals surface area contributed by atoms with Gasteiger partial charge in [0.25, 0.3) is 0 Å². The molecule has 5 rings (SSSR count). The molecule has 1 saturated carbocycles. The highest BCUT2D eigenvalue weighted by Crippen LogP contribution is 2.50. The molecular weight excluding hydrogens is 362 g/mol. The van der Waals surface area contributed by atoms with Crippen molar-refractivity contribution in [3.8, 4) is 5.82 Å². The molecule has 0 amide bonds. The topological polar surface area (TPSA) is 63.0 Å². The van der Waals surface area contributed by atoms with Gasteiger partial charge in [0.1, 0.15) is 11.6 Å². The van der Waals surface area contributed by atoms with Crippen LogP contribution in [0.3, 0.4) is 0 Å². The summed E-state index contributed by atoms with van der Waals surface area (Å²) in [6.07, 6.45) is 1.14. The Balaban J connectivity index is 1.46. The van der Waals surface area contributed by atoms with Gasteiger partial charge in [0, 0.05) is 44.7 Å². The molecule has 3 atom stereocenters. The van der Waals surface area contributed by atoms with Gasteiger partial charge in [-0.2, -0.15) is 9.67 Å². The minimum Gasteiger partial charge on any atom is -0.347 e. The first-order valence-corrected chi connectivity index (χ1v) is 10.2. The first-order valence-electron chi connectivity index (χ1n) is 10.2. The van der Waals surface area contributed by atoms with Crippen molar-refractivity contribution in [3.05, 3.63) is 58.8 Å². The Morgan fingerprint density at radius 2 is 1.86 bits per heavy atom. The molecule has 0 saturated heterocycles. The van der Waals surface area contributed by atoms with Crippen LogP contribution in [-0.4, -0.2) is 49.8 Å². The second-order valence-corrected chi connectivity index (χ2v) is 8.42. The maximum Gasteiger partial charge on any atom is 0.227 e. The van der Waals surface area contributed by atoms with E-state index in [1.54, 1.807) is 0 Å². The monoisotopic (exact) mass is 389 g/mol. The van der Waals surface area contributed by atoms with Crippen molar-refractivity contribution in [1.29, 1.82) is 0 Å². The first-order chi connectivity index (χ1) is 13.9. The van der Waals surface area contributed by atoms with Gasteiger partial charge in [-0.3, -0.25) is 4.90 Å². The molecule has 2 aromatic heterocycles. The number of nitrogens with zero attached hydrogens (tertiary/aromatic N) is 7. The molecule has 7 nitrogen and oxygen atoms in total. The Morgan fingerprint density at radius 1 is 1.07 bits per heavy atom. The Labute approximate surface area is 171 Å². The van der Waals surface area contributed by atoms with E-state index in [1.807, 2.05) is 37.5 Å². The predicted octanol–water partition coefficient (Wildman–Crippen LogP) is 3.17. The van der Waals surface area contributed by atoms with Gasteiger partial charge in [-0.1, -0.05) is 24.3 Å². The smallest absolute Gasteiger partial charge is 0.227 e. The van der Waals surface area contributed by atoms with Gasteiger partial charge in [-0.25, -0.2) is 9.97 Å². The number of fused-ring (bicyclic) bond motifs is 1. The van der Waals surface area contributed by atoms with Crippen molar-refractivity contribution >= 4 is 5.95 Å². The Morgan fingerprint density at radius 3 is 2.55 bits per heavy atom. The van der Waals surface area contributed by atoms with Crippen molar-refractivity contribution in [3.63, 3.8) is 0 Å². The van der Waals surface area contributed by atoms with Crippen molar-refractivity contribution in [2.45, 2.75) is 51.7 Å². The Bertz CT molecular complexity index is 1070. The molecule has 1 aliphatic heterocycles. The van der Waals surface area contributed by atoms with Crippen LogP contribution in [-0.2, 0) is 6.54 Å². The van der Waals surface area contributed by atoms with E-state index in [-0.39, 0.29) is 0 Å². The highest BCUT2D eigenvalue weighted by molar-refractivity contribution is 5.41. The molecule has 3 unspecified atom stereocenters. The third-order valence-electron chi connectivity index (χ3n) is 6.13. The van der Waals surface area contributed by atoms with E-state index in [2.05, 4.69) is 52.2 Å². The lowest BCUT2D eigenvalue weighted by molar-refractivity contribution is 0.214. The number of benzene rings is 1. The zero-order valence-electron chi connectivity index (χ0n) is 17.7. The van der Waals surface area contributed by atoms with E-state index >= 15 is 0 Å². The summed E-state index contributed by atoms with van der Waals surface area (Å²) in [5, 5.41) is 4.52. The van der Waals surface area contributed by atoms with Crippen LogP contribution in [0.25, 0.3) is 5.82 Å². The molecule has 3 heterocycles. The van der Waals surface area contributed by atoms with E-state index in [9.17, 15) is 0 Å². The molecule has 7 heteroatoms. The third-order valence-corrected chi connectivity index (χ3v) is 6.13. The highest BCUT2D eigenvalue weighted by atomic mass is 15.4. The second kappa shape index (κ2) is 6.62. The van der Waals surface area contributed by atoms with E-state index < -0.39 is 0 Å². The predicted molar refractivity (Wildman–Crippen MR) is 112 cm³/mol. The summed E-state index contributed by atoms with van der Waals surface area (Å²) in [6.45, 7) is 7.21. The van der Waals surface area contributed by atoms with Gasteiger partial charge in [-0.05, 0) is 38.3 Å². The van der Waals surface area contributed by atoms with E-state index in [4.69, 9.17) is 9.97 Å². The number of hydrogen-bond donors (Lipinski definition) is 0. The summed E-state index contributed by atoms with van der Waals surface area (Å²) in [5.74, 6) is 3.53. The largest absolute Gasteiger partial charge is 0.347 e. The SMILES string of the molecule is Cc1nc(C)n(-c2cc(C3CC3N3Cc4ccccc4C3C)nc(N(C)C)n2)n1. The number of hydrogen-bond acceptors (Lipinski definition) is 6.